The van der Waals surface area contributed by atoms with Gasteiger partial charge in [0, 0.05) is 26.2 Å². The fraction of sp³-hybridized carbons (Fsp3) is 1.00. The molecule has 0 amide bonds. The molecule has 32 heavy (non-hydrogen) atoms. The van der Waals surface area contributed by atoms with Crippen LogP contribution < -0.4 is 0 Å². The van der Waals surface area contributed by atoms with Gasteiger partial charge in [-0.3, -0.25) is 0 Å². The third-order valence-corrected chi connectivity index (χ3v) is 6.30. The van der Waals surface area contributed by atoms with Crippen LogP contribution in [0.25, 0.3) is 0 Å². The second-order valence-electron chi connectivity index (χ2n) is 9.29. The van der Waals surface area contributed by atoms with Crippen molar-refractivity contribution in [3.8, 4) is 0 Å². The van der Waals surface area contributed by atoms with Crippen molar-refractivity contribution in [3.63, 3.8) is 0 Å². The number of ether oxygens (including phenoxy) is 2. The van der Waals surface area contributed by atoms with E-state index in [1.165, 1.54) is 64.2 Å². The maximum Gasteiger partial charge on any atom is 0.453 e. The molecule has 0 aromatic rings. The fourth-order valence-corrected chi connectivity index (χ4v) is 4.18. The lowest BCUT2D eigenvalue weighted by Crippen LogP contribution is -2.36. The second-order valence-corrected chi connectivity index (χ2v) is 9.29. The molecule has 1 aliphatic heterocycles. The zero-order valence-electron chi connectivity index (χ0n) is 19.8. The molecule has 1 fully saturated rings. The SMILES string of the molecule is FC(F)(F)C(F)(F)CCCCCCCCCCCCCCCCCOCCC1CCCO1. The van der Waals surface area contributed by atoms with E-state index in [1.807, 2.05) is 0 Å². The predicted molar refractivity (Wildman–Crippen MR) is 119 cm³/mol. The Hall–Kier alpha value is -0.430. The summed E-state index contributed by atoms with van der Waals surface area (Å²) in [6.07, 6.45) is 12.8. The summed E-state index contributed by atoms with van der Waals surface area (Å²) < 4.78 is 72.9. The van der Waals surface area contributed by atoms with E-state index in [4.69, 9.17) is 9.47 Å². The van der Waals surface area contributed by atoms with Crippen LogP contribution in [0.2, 0.25) is 0 Å². The van der Waals surface area contributed by atoms with E-state index in [0.717, 1.165) is 58.3 Å². The van der Waals surface area contributed by atoms with Crippen molar-refractivity contribution >= 4 is 0 Å². The number of unbranched alkanes of at least 4 members (excludes halogenated alkanes) is 14. The Morgan fingerprint density at radius 1 is 0.625 bits per heavy atom. The van der Waals surface area contributed by atoms with E-state index < -0.39 is 18.5 Å². The van der Waals surface area contributed by atoms with Crippen molar-refractivity contribution in [2.24, 2.45) is 0 Å². The lowest BCUT2D eigenvalue weighted by molar-refractivity contribution is -0.284. The molecule has 1 unspecified atom stereocenters. The molecule has 2 nitrogen and oxygen atoms in total. The Bertz CT molecular complexity index is 423. The predicted octanol–water partition coefficient (Wildman–Crippen LogP) is 9.01. The van der Waals surface area contributed by atoms with Crippen LogP contribution >= 0.6 is 0 Å². The first-order valence-electron chi connectivity index (χ1n) is 13.0. The van der Waals surface area contributed by atoms with Gasteiger partial charge in [0.05, 0.1) is 6.10 Å². The van der Waals surface area contributed by atoms with Crippen LogP contribution in [-0.2, 0) is 9.47 Å². The Balaban J connectivity index is 1.70. The largest absolute Gasteiger partial charge is 0.453 e. The molecule has 0 aromatic carbocycles. The van der Waals surface area contributed by atoms with Crippen LogP contribution in [0.5, 0.6) is 0 Å². The standard InChI is InChI=1S/C25H45F5O2/c26-24(27,25(28,29)30)19-14-12-10-8-6-4-2-1-3-5-7-9-11-13-15-20-31-22-18-23-17-16-21-32-23/h23H,1-22H2. The molecule has 0 spiro atoms. The minimum Gasteiger partial charge on any atom is -0.381 e. The van der Waals surface area contributed by atoms with E-state index in [2.05, 4.69) is 0 Å². The van der Waals surface area contributed by atoms with Crippen molar-refractivity contribution in [3.05, 3.63) is 0 Å². The molecule has 0 aromatic heterocycles. The Morgan fingerprint density at radius 3 is 1.53 bits per heavy atom. The molecule has 1 heterocycles. The van der Waals surface area contributed by atoms with Crippen LogP contribution in [0.3, 0.4) is 0 Å². The summed E-state index contributed by atoms with van der Waals surface area (Å²) in [6.45, 7) is 2.61. The van der Waals surface area contributed by atoms with Crippen LogP contribution in [0.1, 0.15) is 122 Å². The van der Waals surface area contributed by atoms with Crippen LogP contribution in [0.15, 0.2) is 0 Å². The molecule has 1 saturated heterocycles. The maximum atomic E-state index is 12.8. The summed E-state index contributed by atoms with van der Waals surface area (Å²) in [4.78, 5) is 0. The zero-order chi connectivity index (χ0) is 23.5. The van der Waals surface area contributed by atoms with Gasteiger partial charge < -0.3 is 9.47 Å². The lowest BCUT2D eigenvalue weighted by atomic mass is 10.0. The minimum atomic E-state index is -5.41. The number of rotatable bonds is 21. The van der Waals surface area contributed by atoms with Crippen molar-refractivity contribution < 1.29 is 31.4 Å². The molecule has 0 aliphatic carbocycles. The normalized spacial score (nSPS) is 17.3. The summed E-state index contributed by atoms with van der Waals surface area (Å²) in [5.41, 5.74) is 0. The third kappa shape index (κ3) is 15.4. The number of hydrogen-bond acceptors (Lipinski definition) is 2. The van der Waals surface area contributed by atoms with E-state index in [0.29, 0.717) is 12.5 Å². The molecule has 0 bridgehead atoms. The molecule has 0 radical (unpaired) electrons. The van der Waals surface area contributed by atoms with Gasteiger partial charge in [0.2, 0.25) is 0 Å². The molecular weight excluding hydrogens is 427 g/mol. The van der Waals surface area contributed by atoms with E-state index in [-0.39, 0.29) is 6.42 Å². The maximum absolute atomic E-state index is 12.8. The first kappa shape index (κ1) is 29.6. The fourth-order valence-electron chi connectivity index (χ4n) is 4.18. The molecular formula is C25H45F5O2. The molecule has 1 aliphatic rings. The van der Waals surface area contributed by atoms with Gasteiger partial charge in [0.15, 0.2) is 0 Å². The zero-order valence-corrected chi connectivity index (χ0v) is 19.8. The monoisotopic (exact) mass is 472 g/mol. The Labute approximate surface area is 192 Å². The van der Waals surface area contributed by atoms with Gasteiger partial charge in [0.1, 0.15) is 0 Å². The van der Waals surface area contributed by atoms with E-state index in [9.17, 15) is 22.0 Å². The van der Waals surface area contributed by atoms with Crippen molar-refractivity contribution in [2.75, 3.05) is 19.8 Å². The van der Waals surface area contributed by atoms with E-state index in [1.54, 1.807) is 0 Å². The molecule has 1 atom stereocenters. The Morgan fingerprint density at radius 2 is 1.09 bits per heavy atom. The highest BCUT2D eigenvalue weighted by Crippen LogP contribution is 2.39. The molecule has 0 N–H and O–H groups in total. The van der Waals surface area contributed by atoms with Crippen LogP contribution in [0.4, 0.5) is 22.0 Å². The van der Waals surface area contributed by atoms with Gasteiger partial charge >= 0.3 is 12.1 Å². The van der Waals surface area contributed by atoms with Gasteiger partial charge in [-0.25, -0.2) is 0 Å². The van der Waals surface area contributed by atoms with Crippen molar-refractivity contribution in [1.82, 2.24) is 0 Å². The first-order chi connectivity index (χ1) is 15.3. The van der Waals surface area contributed by atoms with Gasteiger partial charge in [-0.05, 0) is 32.1 Å². The molecule has 1 rings (SSSR count). The summed E-state index contributed by atoms with van der Waals surface area (Å²) in [6, 6.07) is 0. The number of halogens is 5. The average Bonchev–Trinajstić information content (AvgIpc) is 3.25. The second kappa shape index (κ2) is 18.0. The van der Waals surface area contributed by atoms with Crippen LogP contribution in [-0.4, -0.2) is 38.0 Å². The lowest BCUT2D eigenvalue weighted by Gasteiger charge is -2.19. The van der Waals surface area contributed by atoms with Crippen molar-refractivity contribution in [2.45, 2.75) is 140 Å². The topological polar surface area (TPSA) is 18.5 Å². The highest BCUT2D eigenvalue weighted by Gasteiger charge is 2.56. The summed E-state index contributed by atoms with van der Waals surface area (Å²) in [5, 5.41) is 0. The third-order valence-electron chi connectivity index (χ3n) is 6.30. The van der Waals surface area contributed by atoms with Gasteiger partial charge in [0.25, 0.3) is 0 Å². The van der Waals surface area contributed by atoms with E-state index >= 15 is 0 Å². The quantitative estimate of drug-likeness (QED) is 0.123. The molecule has 7 heteroatoms. The molecule has 0 saturated carbocycles. The summed E-state index contributed by atoms with van der Waals surface area (Å²) in [7, 11) is 0. The highest BCUT2D eigenvalue weighted by atomic mass is 19.4. The Kier molecular flexibility index (Phi) is 16.6. The van der Waals surface area contributed by atoms with Gasteiger partial charge in [-0.2, -0.15) is 22.0 Å². The summed E-state index contributed by atoms with van der Waals surface area (Å²) >= 11 is 0. The smallest absolute Gasteiger partial charge is 0.381 e. The van der Waals surface area contributed by atoms with Crippen molar-refractivity contribution in [1.29, 1.82) is 0 Å². The van der Waals surface area contributed by atoms with Gasteiger partial charge in [-0.15, -0.1) is 0 Å². The van der Waals surface area contributed by atoms with Crippen LogP contribution in [0, 0.1) is 0 Å². The number of hydrogen-bond donors (Lipinski definition) is 0. The average molecular weight is 473 g/mol. The minimum absolute atomic E-state index is 0.0601. The number of alkyl halides is 5. The van der Waals surface area contributed by atoms with Gasteiger partial charge in [-0.1, -0.05) is 83.5 Å². The summed E-state index contributed by atoms with van der Waals surface area (Å²) in [5.74, 6) is -4.54. The highest BCUT2D eigenvalue weighted by molar-refractivity contribution is 4.75. The first-order valence-corrected chi connectivity index (χ1v) is 13.0. The molecule has 192 valence electrons.